The minimum absolute atomic E-state index is 0.116. The molecule has 0 bridgehead atoms. The predicted molar refractivity (Wildman–Crippen MR) is 200 cm³/mol. The Kier molecular flexibility index (Phi) is 9.39. The number of nitrogens with zero attached hydrogens (tertiary/aromatic N) is 4. The van der Waals surface area contributed by atoms with Crippen LogP contribution in [0.3, 0.4) is 0 Å². The molecule has 0 saturated heterocycles. The van der Waals surface area contributed by atoms with Gasteiger partial charge in [0.1, 0.15) is 0 Å². The van der Waals surface area contributed by atoms with Crippen LogP contribution in [0.4, 0.5) is 17.1 Å². The van der Waals surface area contributed by atoms with Crippen molar-refractivity contribution in [3.63, 3.8) is 0 Å². The first kappa shape index (κ1) is 33.7. The van der Waals surface area contributed by atoms with Crippen molar-refractivity contribution in [1.29, 1.82) is 0 Å². The van der Waals surface area contributed by atoms with Crippen LogP contribution >= 0.6 is 0 Å². The van der Waals surface area contributed by atoms with Crippen molar-refractivity contribution in [1.82, 2.24) is 3.92 Å². The van der Waals surface area contributed by atoms with E-state index in [2.05, 4.69) is 135 Å². The molecule has 0 saturated carbocycles. The van der Waals surface area contributed by atoms with Crippen LogP contribution in [-0.2, 0) is 10.8 Å². The van der Waals surface area contributed by atoms with E-state index in [1.165, 1.54) is 50.8 Å². The van der Waals surface area contributed by atoms with Crippen molar-refractivity contribution < 1.29 is 9.50 Å². The standard InChI is InChI=1S/C41H47N4O2Se/c1-8-43-33-21-12-10-19-31(33)40(3,4)37(43)27-25-29-17-16-18-30(39(29)42(7)48-36-24-15-14-23-35(36)45(46)47)26-28-38-41(5,6)32-20-11-13-22-34(32)44(38)9-2/h10-15,19-28H,8-9,16-18H2,1-7H3/q+1. The number of hydrogen-bond acceptors (Lipinski definition) is 4. The zero-order chi connectivity index (χ0) is 34.2. The summed E-state index contributed by atoms with van der Waals surface area (Å²) in [4.78, 5) is 14.2. The number of benzene rings is 3. The molecule has 0 fully saturated rings. The summed E-state index contributed by atoms with van der Waals surface area (Å²) in [7, 11) is 2.11. The molecule has 6 nitrogen and oxygen atoms in total. The molecule has 6 rings (SSSR count). The van der Waals surface area contributed by atoms with Crippen LogP contribution < -0.4 is 9.36 Å². The molecule has 0 radical (unpaired) electrons. The molecule has 3 aliphatic rings. The molecule has 48 heavy (non-hydrogen) atoms. The van der Waals surface area contributed by atoms with Gasteiger partial charge in [0.25, 0.3) is 0 Å². The summed E-state index contributed by atoms with van der Waals surface area (Å²) >= 11 is -0.286. The van der Waals surface area contributed by atoms with Crippen molar-refractivity contribution in [2.24, 2.45) is 0 Å². The third-order valence-corrected chi connectivity index (χ3v) is 12.3. The Bertz CT molecular complexity index is 1910. The van der Waals surface area contributed by atoms with Crippen molar-refractivity contribution in [3.05, 3.63) is 141 Å². The van der Waals surface area contributed by atoms with Gasteiger partial charge in [-0.2, -0.15) is 0 Å². The van der Waals surface area contributed by atoms with Crippen LogP contribution in [0.15, 0.2) is 120 Å². The third-order valence-electron chi connectivity index (χ3n) is 10.2. The van der Waals surface area contributed by atoms with Gasteiger partial charge in [-0.3, -0.25) is 0 Å². The number of hydrogen-bond donors (Lipinski definition) is 0. The summed E-state index contributed by atoms with van der Waals surface area (Å²) in [5.41, 5.74) is 11.6. The molecule has 3 aromatic rings. The fourth-order valence-electron chi connectivity index (χ4n) is 7.84. The molecule has 0 N–H and O–H groups in total. The molecule has 3 aromatic carbocycles. The average molecular weight is 707 g/mol. The van der Waals surface area contributed by atoms with Crippen LogP contribution in [-0.4, -0.2) is 54.4 Å². The monoisotopic (exact) mass is 707 g/mol. The summed E-state index contributed by atoms with van der Waals surface area (Å²) < 4.78 is 5.51. The molecule has 0 amide bonds. The molecule has 0 spiro atoms. The SMILES string of the molecule is CCN1/C(=C/C=C2\CCCC(/C=C/C3=[N+](CC)c4ccccc4C3(C)C)=C2N(C)[Se]c2ccccc2[N+](=O)[O-])C(C)(C)c2ccccc21. The van der Waals surface area contributed by atoms with Gasteiger partial charge in [0.05, 0.1) is 0 Å². The maximum atomic E-state index is 12.0. The Morgan fingerprint density at radius 1 is 0.896 bits per heavy atom. The molecular weight excluding hydrogens is 659 g/mol. The Hall–Kier alpha value is -4.19. The Morgan fingerprint density at radius 3 is 2.31 bits per heavy atom. The summed E-state index contributed by atoms with van der Waals surface area (Å²) in [5.74, 6) is 0. The van der Waals surface area contributed by atoms with E-state index in [0.29, 0.717) is 0 Å². The van der Waals surface area contributed by atoms with Gasteiger partial charge in [-0.15, -0.1) is 0 Å². The van der Waals surface area contributed by atoms with E-state index in [-0.39, 0.29) is 36.6 Å². The zero-order valence-electron chi connectivity index (χ0n) is 29.3. The van der Waals surface area contributed by atoms with E-state index in [9.17, 15) is 10.1 Å². The van der Waals surface area contributed by atoms with Crippen molar-refractivity contribution in [2.45, 2.75) is 71.6 Å². The quantitative estimate of drug-likeness (QED) is 0.0970. The van der Waals surface area contributed by atoms with Gasteiger partial charge in [0.2, 0.25) is 0 Å². The summed E-state index contributed by atoms with van der Waals surface area (Å²) in [5, 5.41) is 12.0. The van der Waals surface area contributed by atoms with E-state index in [1.54, 1.807) is 12.1 Å². The van der Waals surface area contributed by atoms with E-state index >= 15 is 0 Å². The van der Waals surface area contributed by atoms with Crippen molar-refractivity contribution in [3.8, 4) is 0 Å². The number of nitro benzene ring substituents is 1. The van der Waals surface area contributed by atoms with E-state index in [4.69, 9.17) is 0 Å². The number of allylic oxidation sites excluding steroid dienone is 7. The average Bonchev–Trinajstić information content (AvgIpc) is 3.44. The molecule has 248 valence electrons. The van der Waals surface area contributed by atoms with Gasteiger partial charge in [0, 0.05) is 0 Å². The van der Waals surface area contributed by atoms with Crippen LogP contribution in [0.25, 0.3) is 0 Å². The summed E-state index contributed by atoms with van der Waals surface area (Å²) in [6.45, 7) is 15.5. The van der Waals surface area contributed by atoms with Crippen LogP contribution in [0, 0.1) is 10.1 Å². The third kappa shape index (κ3) is 5.88. The fourth-order valence-corrected chi connectivity index (χ4v) is 9.93. The minimum atomic E-state index is -0.286. The molecule has 2 aliphatic heterocycles. The second-order valence-corrected chi connectivity index (χ2v) is 16.2. The Labute approximate surface area is 292 Å². The molecule has 0 atom stereocenters. The van der Waals surface area contributed by atoms with Gasteiger partial charge >= 0.3 is 293 Å². The number of likely N-dealkylation sites (N-methyl/N-ethyl adjacent to an activating group) is 2. The van der Waals surface area contributed by atoms with Gasteiger partial charge in [-0.25, -0.2) is 0 Å². The van der Waals surface area contributed by atoms with E-state index < -0.39 is 0 Å². The fraction of sp³-hybridized carbons (Fsp3) is 0.341. The maximum absolute atomic E-state index is 12.0. The van der Waals surface area contributed by atoms with E-state index in [1.807, 2.05) is 12.1 Å². The van der Waals surface area contributed by atoms with E-state index in [0.717, 1.165) is 36.8 Å². The summed E-state index contributed by atoms with van der Waals surface area (Å²) in [6.07, 6.45) is 12.3. The molecule has 2 heterocycles. The van der Waals surface area contributed by atoms with Gasteiger partial charge in [-0.1, -0.05) is 0 Å². The first-order valence-electron chi connectivity index (χ1n) is 17.1. The number of para-hydroxylation sites is 3. The van der Waals surface area contributed by atoms with Crippen molar-refractivity contribution in [2.75, 3.05) is 25.0 Å². The molecule has 0 unspecified atom stereocenters. The van der Waals surface area contributed by atoms with Gasteiger partial charge < -0.3 is 0 Å². The van der Waals surface area contributed by atoms with Gasteiger partial charge in [-0.05, 0) is 0 Å². The number of rotatable bonds is 9. The second-order valence-electron chi connectivity index (χ2n) is 13.8. The summed E-state index contributed by atoms with van der Waals surface area (Å²) in [6, 6.07) is 24.7. The van der Waals surface area contributed by atoms with Gasteiger partial charge in [0.15, 0.2) is 0 Å². The topological polar surface area (TPSA) is 52.6 Å². The number of fused-ring (bicyclic) bond motifs is 2. The van der Waals surface area contributed by atoms with Crippen molar-refractivity contribution >= 4 is 42.4 Å². The van der Waals surface area contributed by atoms with Crippen LogP contribution in [0.1, 0.15) is 71.9 Å². The molecule has 1 aliphatic carbocycles. The molecular formula is C41H47N4O2Se+. The number of anilines is 1. The van der Waals surface area contributed by atoms with Crippen LogP contribution in [0.5, 0.6) is 0 Å². The van der Waals surface area contributed by atoms with Crippen LogP contribution in [0.2, 0.25) is 0 Å². The predicted octanol–water partition coefficient (Wildman–Crippen LogP) is 8.49. The number of nitro groups is 1. The molecule has 0 aromatic heterocycles. The second kappa shape index (κ2) is 13.4. The first-order chi connectivity index (χ1) is 23.0. The Morgan fingerprint density at radius 2 is 1.58 bits per heavy atom. The zero-order valence-corrected chi connectivity index (χ0v) is 31.0. The molecule has 7 heteroatoms. The first-order valence-corrected chi connectivity index (χ1v) is 18.7. The Balaban J connectivity index is 1.46. The normalized spacial score (nSPS) is 19.9.